The highest BCUT2D eigenvalue weighted by Crippen LogP contribution is 2.34. The van der Waals surface area contributed by atoms with Gasteiger partial charge >= 0.3 is 12.2 Å². The van der Waals surface area contributed by atoms with E-state index in [0.29, 0.717) is 17.7 Å². The number of hydrogen-bond acceptors (Lipinski definition) is 6. The Bertz CT molecular complexity index is 841. The normalized spacial score (nSPS) is 11.4. The molecule has 3 N–H and O–H groups in total. The Morgan fingerprint density at radius 2 is 1.79 bits per heavy atom. The number of hydrogen-bond donors (Lipinski definition) is 3. The summed E-state index contributed by atoms with van der Waals surface area (Å²) < 4.78 is 11.1. The molecule has 0 spiro atoms. The number of benzene rings is 2. The quantitative estimate of drug-likeness (QED) is 0.555. The van der Waals surface area contributed by atoms with Gasteiger partial charge in [0, 0.05) is 43.6 Å². The van der Waals surface area contributed by atoms with Gasteiger partial charge in [0.1, 0.15) is 23.4 Å². The van der Waals surface area contributed by atoms with Gasteiger partial charge in [0.15, 0.2) is 0 Å². The molecule has 0 aliphatic carbocycles. The topological polar surface area (TPSA) is 108 Å². The third-order valence-corrected chi connectivity index (χ3v) is 4.68. The predicted molar refractivity (Wildman–Crippen MR) is 110 cm³/mol. The van der Waals surface area contributed by atoms with Crippen LogP contribution in [0.25, 0.3) is 0 Å². The lowest BCUT2D eigenvalue weighted by atomic mass is 10.0. The number of amides is 2. The fourth-order valence-electron chi connectivity index (χ4n) is 2.46. The van der Waals surface area contributed by atoms with Crippen LogP contribution in [-0.2, 0) is 0 Å². The molecule has 2 aromatic rings. The highest BCUT2D eigenvalue weighted by molar-refractivity contribution is 7.98. The lowest BCUT2D eigenvalue weighted by molar-refractivity contribution is 0.171. The van der Waals surface area contributed by atoms with E-state index in [1.54, 1.807) is 38.0 Å². The van der Waals surface area contributed by atoms with Crippen molar-refractivity contribution in [2.24, 2.45) is 0 Å². The maximum Gasteiger partial charge on any atom is 0.414 e. The lowest BCUT2D eigenvalue weighted by Crippen LogP contribution is -2.25. The number of ether oxygens (including phenoxy) is 2. The minimum absolute atomic E-state index is 0.116. The third-order valence-electron chi connectivity index (χ3n) is 3.94. The summed E-state index contributed by atoms with van der Waals surface area (Å²) in [5.41, 5.74) is 0.454. The van der Waals surface area contributed by atoms with Crippen LogP contribution in [0.3, 0.4) is 0 Å². The van der Waals surface area contributed by atoms with E-state index in [2.05, 4.69) is 5.32 Å². The second-order valence-electron chi connectivity index (χ2n) is 6.29. The van der Waals surface area contributed by atoms with E-state index < -0.39 is 18.3 Å². The highest BCUT2D eigenvalue weighted by atomic mass is 32.2. The van der Waals surface area contributed by atoms with Gasteiger partial charge in [-0.15, -0.1) is 11.8 Å². The molecule has 2 amide bonds. The number of nitrogens with zero attached hydrogens (tertiary/aromatic N) is 1. The van der Waals surface area contributed by atoms with E-state index in [0.717, 1.165) is 4.90 Å². The van der Waals surface area contributed by atoms with Crippen LogP contribution < -0.4 is 14.8 Å². The van der Waals surface area contributed by atoms with Crippen LogP contribution >= 0.6 is 11.8 Å². The second-order valence-corrected chi connectivity index (χ2v) is 7.17. The molecule has 0 aliphatic rings. The van der Waals surface area contributed by atoms with E-state index in [4.69, 9.17) is 14.6 Å². The molecule has 9 heteroatoms. The number of phenolic OH excluding ortho intramolecular Hbond substituents is 1. The van der Waals surface area contributed by atoms with Crippen molar-refractivity contribution in [3.63, 3.8) is 0 Å². The zero-order chi connectivity index (χ0) is 21.4. The molecule has 0 aliphatic heterocycles. The molecule has 8 nitrogen and oxygen atoms in total. The molecular formula is C20H24N2O6S. The first-order valence-electron chi connectivity index (χ1n) is 8.79. The lowest BCUT2D eigenvalue weighted by Gasteiger charge is -2.21. The predicted octanol–water partition coefficient (Wildman–Crippen LogP) is 3.95. The molecule has 2 rings (SSSR count). The van der Waals surface area contributed by atoms with Crippen LogP contribution in [0.2, 0.25) is 0 Å². The van der Waals surface area contributed by atoms with Gasteiger partial charge in [-0.25, -0.2) is 9.59 Å². The second kappa shape index (κ2) is 10.5. The molecule has 2 aromatic carbocycles. The van der Waals surface area contributed by atoms with Crippen molar-refractivity contribution in [3.8, 4) is 17.2 Å². The molecule has 0 radical (unpaired) electrons. The van der Waals surface area contributed by atoms with Crippen molar-refractivity contribution in [1.29, 1.82) is 0 Å². The van der Waals surface area contributed by atoms with Crippen molar-refractivity contribution >= 4 is 23.9 Å². The maximum absolute atomic E-state index is 11.7. The summed E-state index contributed by atoms with van der Waals surface area (Å²) in [5, 5.41) is 21.6. The Morgan fingerprint density at radius 3 is 2.34 bits per heavy atom. The van der Waals surface area contributed by atoms with Crippen molar-refractivity contribution in [3.05, 3.63) is 48.0 Å². The average Bonchev–Trinajstić information content (AvgIpc) is 2.67. The summed E-state index contributed by atoms with van der Waals surface area (Å²) in [5.74, 6) is 0.664. The molecule has 0 saturated carbocycles. The number of rotatable bonds is 8. The van der Waals surface area contributed by atoms with E-state index in [1.165, 1.54) is 11.0 Å². The summed E-state index contributed by atoms with van der Waals surface area (Å²) >= 11 is 1.60. The molecule has 0 heterocycles. The van der Waals surface area contributed by atoms with Crippen LogP contribution in [0.1, 0.15) is 18.1 Å². The average molecular weight is 420 g/mol. The zero-order valence-electron chi connectivity index (χ0n) is 16.4. The van der Waals surface area contributed by atoms with Crippen molar-refractivity contribution in [1.82, 2.24) is 10.2 Å². The molecule has 0 saturated heterocycles. The maximum atomic E-state index is 11.7. The minimum atomic E-state index is -1.14. The Kier molecular flexibility index (Phi) is 8.02. The van der Waals surface area contributed by atoms with E-state index in [-0.39, 0.29) is 18.0 Å². The van der Waals surface area contributed by atoms with Crippen LogP contribution in [0.5, 0.6) is 17.2 Å². The molecule has 156 valence electrons. The van der Waals surface area contributed by atoms with Gasteiger partial charge in [-0.3, -0.25) is 0 Å². The minimum Gasteiger partial charge on any atom is -0.507 e. The fraction of sp³-hybridized carbons (Fsp3) is 0.300. The van der Waals surface area contributed by atoms with Gasteiger partial charge < -0.3 is 29.9 Å². The van der Waals surface area contributed by atoms with Crippen LogP contribution in [-0.4, -0.2) is 54.2 Å². The summed E-state index contributed by atoms with van der Waals surface area (Å²) in [6.45, 7) is 0.139. The Labute approximate surface area is 173 Å². The van der Waals surface area contributed by atoms with Gasteiger partial charge in [-0.2, -0.15) is 0 Å². The number of carbonyl (C=O) groups excluding carboxylic acids is 1. The summed E-state index contributed by atoms with van der Waals surface area (Å²) in [4.78, 5) is 24.8. The molecule has 0 fully saturated rings. The molecular weight excluding hydrogens is 396 g/mol. The standard InChI is InChI=1S/C20H24N2O6S/c1-22(2)20(26)28-14-6-9-16(17(23)12-14)18(10-11-21-19(24)25)27-13-4-7-15(29-3)8-5-13/h4-9,12,18,21,23H,10-11H2,1-3H3,(H,24,25). The van der Waals surface area contributed by atoms with Crippen molar-refractivity contribution in [2.75, 3.05) is 26.9 Å². The Morgan fingerprint density at radius 1 is 1.14 bits per heavy atom. The smallest absolute Gasteiger partial charge is 0.414 e. The monoisotopic (exact) mass is 420 g/mol. The molecule has 29 heavy (non-hydrogen) atoms. The summed E-state index contributed by atoms with van der Waals surface area (Å²) in [6.07, 6.45) is -0.0479. The number of thioether (sulfide) groups is 1. The molecule has 1 atom stereocenters. The summed E-state index contributed by atoms with van der Waals surface area (Å²) in [7, 11) is 3.11. The van der Waals surface area contributed by atoms with Gasteiger partial charge in [0.25, 0.3) is 0 Å². The van der Waals surface area contributed by atoms with Crippen molar-refractivity contribution in [2.45, 2.75) is 17.4 Å². The first-order valence-corrected chi connectivity index (χ1v) is 10.0. The Balaban J connectivity index is 2.21. The Hall–Kier alpha value is -3.07. The van der Waals surface area contributed by atoms with Crippen LogP contribution in [0.15, 0.2) is 47.4 Å². The largest absolute Gasteiger partial charge is 0.507 e. The van der Waals surface area contributed by atoms with E-state index >= 15 is 0 Å². The fourth-order valence-corrected chi connectivity index (χ4v) is 2.87. The highest BCUT2D eigenvalue weighted by Gasteiger charge is 2.19. The van der Waals surface area contributed by atoms with Crippen LogP contribution in [0, 0.1) is 0 Å². The summed E-state index contributed by atoms with van der Waals surface area (Å²) in [6, 6.07) is 11.9. The molecule has 0 bridgehead atoms. The number of nitrogens with one attached hydrogen (secondary N) is 1. The first-order chi connectivity index (χ1) is 13.8. The van der Waals surface area contributed by atoms with E-state index in [9.17, 15) is 14.7 Å². The van der Waals surface area contributed by atoms with Crippen molar-refractivity contribution < 1.29 is 29.3 Å². The van der Waals surface area contributed by atoms with Gasteiger partial charge in [0.2, 0.25) is 0 Å². The number of phenols is 1. The van der Waals surface area contributed by atoms with E-state index in [1.807, 2.05) is 30.5 Å². The number of aromatic hydroxyl groups is 1. The SMILES string of the molecule is CSc1ccc(OC(CCNC(=O)O)c2ccc(OC(=O)N(C)C)cc2O)cc1. The van der Waals surface area contributed by atoms with Gasteiger partial charge in [-0.05, 0) is 42.7 Å². The third kappa shape index (κ3) is 6.79. The van der Waals surface area contributed by atoms with Gasteiger partial charge in [-0.1, -0.05) is 0 Å². The van der Waals surface area contributed by atoms with Gasteiger partial charge in [0.05, 0.1) is 0 Å². The first kappa shape index (κ1) is 22.2. The number of carboxylic acid groups (broad SMARTS) is 1. The zero-order valence-corrected chi connectivity index (χ0v) is 17.2. The number of carbonyl (C=O) groups is 2. The van der Waals surface area contributed by atoms with Crippen LogP contribution in [0.4, 0.5) is 9.59 Å². The molecule has 0 aromatic heterocycles. The molecule has 1 unspecified atom stereocenters.